The Morgan fingerprint density at radius 3 is 2.81 bits per heavy atom. The molecule has 1 N–H and O–H groups in total. The van der Waals surface area contributed by atoms with Gasteiger partial charge in [0.1, 0.15) is 23.4 Å². The fourth-order valence-electron chi connectivity index (χ4n) is 2.28. The van der Waals surface area contributed by atoms with Crippen LogP contribution in [0, 0.1) is 5.82 Å². The monoisotopic (exact) mass is 285 g/mol. The lowest BCUT2D eigenvalue weighted by Gasteiger charge is -2.16. The predicted molar refractivity (Wildman–Crippen MR) is 77.0 cm³/mol. The summed E-state index contributed by atoms with van der Waals surface area (Å²) in [5.41, 5.74) is 0.614. The van der Waals surface area contributed by atoms with Crippen molar-refractivity contribution in [3.8, 4) is 0 Å². The number of rotatable bonds is 5. The van der Waals surface area contributed by atoms with E-state index in [0.717, 1.165) is 11.6 Å². The van der Waals surface area contributed by atoms with Gasteiger partial charge < -0.3 is 8.98 Å². The second-order valence-electron chi connectivity index (χ2n) is 4.82. The highest BCUT2D eigenvalue weighted by molar-refractivity contribution is 5.20. The molecule has 0 spiro atoms. The first-order chi connectivity index (χ1) is 10.3. The van der Waals surface area contributed by atoms with Crippen molar-refractivity contribution in [1.29, 1.82) is 0 Å². The van der Waals surface area contributed by atoms with Gasteiger partial charge in [0.05, 0.1) is 6.26 Å². The van der Waals surface area contributed by atoms with Gasteiger partial charge in [-0.3, -0.25) is 5.32 Å². The second kappa shape index (κ2) is 5.93. The van der Waals surface area contributed by atoms with Crippen molar-refractivity contribution in [3.63, 3.8) is 0 Å². The highest BCUT2D eigenvalue weighted by Crippen LogP contribution is 2.21. The summed E-state index contributed by atoms with van der Waals surface area (Å²) in [5, 5.41) is 3.31. The second-order valence-corrected chi connectivity index (χ2v) is 4.82. The lowest BCUT2D eigenvalue weighted by molar-refractivity contribution is 0.426. The fourth-order valence-corrected chi connectivity index (χ4v) is 2.28. The van der Waals surface area contributed by atoms with Crippen LogP contribution < -0.4 is 5.32 Å². The Kier molecular flexibility index (Phi) is 3.83. The van der Waals surface area contributed by atoms with Crippen molar-refractivity contribution in [2.75, 3.05) is 0 Å². The Labute approximate surface area is 122 Å². The number of furan rings is 1. The van der Waals surface area contributed by atoms with E-state index in [-0.39, 0.29) is 11.9 Å². The Hall–Kier alpha value is -2.40. The molecular weight excluding hydrogens is 269 g/mol. The number of halogens is 1. The summed E-state index contributed by atoms with van der Waals surface area (Å²) in [7, 11) is 1.92. The molecule has 2 aromatic heterocycles. The quantitative estimate of drug-likeness (QED) is 0.783. The van der Waals surface area contributed by atoms with Crippen LogP contribution in [0.5, 0.6) is 0 Å². The summed E-state index contributed by atoms with van der Waals surface area (Å²) in [6.45, 7) is 0.394. The molecule has 0 radical (unpaired) electrons. The van der Waals surface area contributed by atoms with Crippen molar-refractivity contribution in [2.24, 2.45) is 7.05 Å². The smallest absolute Gasteiger partial charge is 0.133 e. The van der Waals surface area contributed by atoms with E-state index in [4.69, 9.17) is 4.42 Å². The first-order valence-electron chi connectivity index (χ1n) is 6.73. The summed E-state index contributed by atoms with van der Waals surface area (Å²) in [5.74, 6) is 1.35. The molecule has 0 amide bonds. The van der Waals surface area contributed by atoms with Crippen LogP contribution in [-0.2, 0) is 13.6 Å². The van der Waals surface area contributed by atoms with E-state index in [1.165, 1.54) is 6.07 Å². The third-order valence-corrected chi connectivity index (χ3v) is 3.40. The zero-order valence-electron chi connectivity index (χ0n) is 11.7. The molecule has 5 heteroatoms. The minimum Gasteiger partial charge on any atom is -0.467 e. The molecule has 3 rings (SSSR count). The first kappa shape index (κ1) is 13.6. The molecule has 0 saturated carbocycles. The van der Waals surface area contributed by atoms with Gasteiger partial charge >= 0.3 is 0 Å². The number of nitrogens with zero attached hydrogens (tertiary/aromatic N) is 2. The number of benzene rings is 1. The number of aryl methyl sites for hydroxylation is 1. The van der Waals surface area contributed by atoms with Gasteiger partial charge in [0.2, 0.25) is 0 Å². The van der Waals surface area contributed by atoms with Gasteiger partial charge in [0.15, 0.2) is 0 Å². The van der Waals surface area contributed by atoms with Crippen LogP contribution in [0.1, 0.15) is 23.2 Å². The van der Waals surface area contributed by atoms with E-state index in [0.29, 0.717) is 12.1 Å². The van der Waals surface area contributed by atoms with E-state index in [2.05, 4.69) is 10.3 Å². The number of hydrogen-bond donors (Lipinski definition) is 1. The molecule has 108 valence electrons. The van der Waals surface area contributed by atoms with Gasteiger partial charge in [-0.2, -0.15) is 0 Å². The zero-order valence-corrected chi connectivity index (χ0v) is 11.7. The Morgan fingerprint density at radius 1 is 1.29 bits per heavy atom. The van der Waals surface area contributed by atoms with Crippen molar-refractivity contribution >= 4 is 0 Å². The Morgan fingerprint density at radius 2 is 2.14 bits per heavy atom. The summed E-state index contributed by atoms with van der Waals surface area (Å²) in [4.78, 5) is 4.35. The summed E-state index contributed by atoms with van der Waals surface area (Å²) in [6, 6.07) is 10.2. The number of nitrogens with one attached hydrogen (secondary N) is 1. The largest absolute Gasteiger partial charge is 0.467 e. The van der Waals surface area contributed by atoms with Crippen LogP contribution in [0.15, 0.2) is 59.5 Å². The lowest BCUT2D eigenvalue weighted by atomic mass is 10.1. The molecule has 0 bridgehead atoms. The standard InChI is InChI=1S/C16H16FN3O/c1-20-9-8-18-16(20)15(14-7-4-10-21-14)19-11-12-5-2-3-6-13(12)17/h2-10,15,19H,11H2,1H3. The van der Waals surface area contributed by atoms with Crippen LogP contribution in [-0.4, -0.2) is 9.55 Å². The Bertz CT molecular complexity index is 706. The highest BCUT2D eigenvalue weighted by Gasteiger charge is 2.20. The van der Waals surface area contributed by atoms with Crippen molar-refractivity contribution in [1.82, 2.24) is 14.9 Å². The maximum absolute atomic E-state index is 13.7. The van der Waals surface area contributed by atoms with Gasteiger partial charge in [-0.15, -0.1) is 0 Å². The predicted octanol–water partition coefficient (Wildman–Crippen LogP) is 3.03. The normalized spacial score (nSPS) is 12.5. The molecule has 21 heavy (non-hydrogen) atoms. The van der Waals surface area contributed by atoms with Crippen molar-refractivity contribution in [2.45, 2.75) is 12.6 Å². The molecule has 4 nitrogen and oxygen atoms in total. The van der Waals surface area contributed by atoms with Crippen LogP contribution in [0.25, 0.3) is 0 Å². The molecule has 0 aliphatic heterocycles. The molecule has 1 aromatic carbocycles. The topological polar surface area (TPSA) is 43.0 Å². The minimum atomic E-state index is -0.223. The van der Waals surface area contributed by atoms with Crippen LogP contribution >= 0.6 is 0 Å². The molecular formula is C16H16FN3O. The summed E-state index contributed by atoms with van der Waals surface area (Å²) >= 11 is 0. The average molecular weight is 285 g/mol. The molecule has 0 saturated heterocycles. The maximum atomic E-state index is 13.7. The molecule has 3 aromatic rings. The number of imidazole rings is 1. The highest BCUT2D eigenvalue weighted by atomic mass is 19.1. The average Bonchev–Trinajstić information content (AvgIpc) is 3.14. The third kappa shape index (κ3) is 2.87. The van der Waals surface area contributed by atoms with Gasteiger partial charge in [-0.1, -0.05) is 18.2 Å². The molecule has 0 fully saturated rings. The van der Waals surface area contributed by atoms with Crippen LogP contribution in [0.2, 0.25) is 0 Å². The van der Waals surface area contributed by atoms with Gasteiger partial charge in [0.25, 0.3) is 0 Å². The van der Waals surface area contributed by atoms with Gasteiger partial charge in [0, 0.05) is 31.5 Å². The van der Waals surface area contributed by atoms with Crippen molar-refractivity contribution in [3.05, 3.63) is 78.0 Å². The maximum Gasteiger partial charge on any atom is 0.133 e. The third-order valence-electron chi connectivity index (χ3n) is 3.40. The molecule has 0 aliphatic rings. The molecule has 0 aliphatic carbocycles. The SMILES string of the molecule is Cn1ccnc1C(NCc1ccccc1F)c1ccco1. The van der Waals surface area contributed by atoms with E-state index < -0.39 is 0 Å². The fraction of sp³-hybridized carbons (Fsp3) is 0.188. The lowest BCUT2D eigenvalue weighted by Crippen LogP contribution is -2.24. The van der Waals surface area contributed by atoms with E-state index in [1.54, 1.807) is 24.6 Å². The molecule has 1 atom stereocenters. The summed E-state index contributed by atoms with van der Waals surface area (Å²) < 4.78 is 21.1. The minimum absolute atomic E-state index is 0.219. The first-order valence-corrected chi connectivity index (χ1v) is 6.73. The molecule has 2 heterocycles. The van der Waals surface area contributed by atoms with Crippen molar-refractivity contribution < 1.29 is 8.81 Å². The van der Waals surface area contributed by atoms with Gasteiger partial charge in [-0.25, -0.2) is 9.37 Å². The van der Waals surface area contributed by atoms with E-state index in [9.17, 15) is 4.39 Å². The Balaban J connectivity index is 1.84. The van der Waals surface area contributed by atoms with Crippen LogP contribution in [0.3, 0.4) is 0 Å². The van der Waals surface area contributed by atoms with E-state index in [1.807, 2.05) is 36.0 Å². The summed E-state index contributed by atoms with van der Waals surface area (Å²) in [6.07, 6.45) is 5.22. The van der Waals surface area contributed by atoms with Crippen LogP contribution in [0.4, 0.5) is 4.39 Å². The van der Waals surface area contributed by atoms with E-state index >= 15 is 0 Å². The zero-order chi connectivity index (χ0) is 14.7. The van der Waals surface area contributed by atoms with Gasteiger partial charge in [-0.05, 0) is 18.2 Å². The molecule has 1 unspecified atom stereocenters. The number of hydrogen-bond acceptors (Lipinski definition) is 3. The number of aromatic nitrogens is 2.